The second kappa shape index (κ2) is 12.6. The van der Waals surface area contributed by atoms with Gasteiger partial charge in [-0.25, -0.2) is 4.98 Å². The van der Waals surface area contributed by atoms with Crippen LogP contribution in [0.15, 0.2) is 60.7 Å². The van der Waals surface area contributed by atoms with Gasteiger partial charge in [-0.3, -0.25) is 14.5 Å². The summed E-state index contributed by atoms with van der Waals surface area (Å²) in [6.45, 7) is 4.12. The van der Waals surface area contributed by atoms with Crippen LogP contribution in [-0.4, -0.2) is 55.8 Å². The maximum atomic E-state index is 13.6. The number of ether oxygens (including phenoxy) is 2. The van der Waals surface area contributed by atoms with E-state index in [9.17, 15) is 14.7 Å². The molecule has 1 amide bonds. The molecule has 216 valence electrons. The highest BCUT2D eigenvalue weighted by atomic mass is 16.5. The lowest BCUT2D eigenvalue weighted by Crippen LogP contribution is -2.37. The summed E-state index contributed by atoms with van der Waals surface area (Å²) in [5, 5.41) is 9.37. The van der Waals surface area contributed by atoms with Crippen molar-refractivity contribution in [2.75, 3.05) is 43.7 Å². The van der Waals surface area contributed by atoms with Gasteiger partial charge >= 0.3 is 5.97 Å². The molecule has 1 unspecified atom stereocenters. The average molecular weight is 558 g/mol. The van der Waals surface area contributed by atoms with Gasteiger partial charge in [0.05, 0.1) is 31.4 Å². The van der Waals surface area contributed by atoms with Crippen molar-refractivity contribution in [3.8, 4) is 11.5 Å². The molecule has 1 aliphatic heterocycles. The number of hydrogen-bond donors (Lipinski definition) is 1. The predicted molar refractivity (Wildman–Crippen MR) is 159 cm³/mol. The van der Waals surface area contributed by atoms with Gasteiger partial charge in [0.15, 0.2) is 0 Å². The number of carboxylic acids is 1. The maximum absolute atomic E-state index is 13.6. The summed E-state index contributed by atoms with van der Waals surface area (Å²) < 4.78 is 11.7. The van der Waals surface area contributed by atoms with Crippen molar-refractivity contribution in [3.63, 3.8) is 0 Å². The molecule has 41 heavy (non-hydrogen) atoms. The summed E-state index contributed by atoms with van der Waals surface area (Å²) >= 11 is 0. The number of nitrogens with zero attached hydrogens (tertiary/aromatic N) is 3. The number of aromatic nitrogens is 1. The first-order valence-electron chi connectivity index (χ1n) is 14.4. The summed E-state index contributed by atoms with van der Waals surface area (Å²) in [4.78, 5) is 33.4. The number of carbonyl (C=O) groups excluding carboxylic acids is 1. The zero-order valence-electron chi connectivity index (χ0n) is 24.1. The van der Waals surface area contributed by atoms with Crippen LogP contribution < -0.4 is 19.3 Å². The third-order valence-electron chi connectivity index (χ3n) is 8.27. The van der Waals surface area contributed by atoms with Gasteiger partial charge in [-0.05, 0) is 92.3 Å². The van der Waals surface area contributed by atoms with Crippen LogP contribution >= 0.6 is 0 Å². The minimum Gasteiger partial charge on any atom is -0.497 e. The Morgan fingerprint density at radius 2 is 1.78 bits per heavy atom. The number of amides is 1. The molecule has 3 aromatic rings. The number of rotatable bonds is 11. The van der Waals surface area contributed by atoms with Crippen molar-refractivity contribution < 1.29 is 24.2 Å². The van der Waals surface area contributed by atoms with Gasteiger partial charge in [-0.15, -0.1) is 0 Å². The van der Waals surface area contributed by atoms with Crippen LogP contribution in [-0.2, 0) is 4.79 Å². The first kappa shape index (κ1) is 28.5. The number of aliphatic carboxylic acids is 1. The van der Waals surface area contributed by atoms with E-state index in [4.69, 9.17) is 9.47 Å². The number of aryl methyl sites for hydroxylation is 1. The molecular weight excluding hydrogens is 518 g/mol. The maximum Gasteiger partial charge on any atom is 0.303 e. The van der Waals surface area contributed by atoms with Crippen molar-refractivity contribution in [1.29, 1.82) is 0 Å². The topological polar surface area (TPSA) is 92.2 Å². The lowest BCUT2D eigenvalue weighted by molar-refractivity contribution is -0.137. The summed E-state index contributed by atoms with van der Waals surface area (Å²) in [6, 6.07) is 19.2. The Bertz CT molecular complexity index is 1380. The third kappa shape index (κ3) is 6.99. The van der Waals surface area contributed by atoms with Crippen LogP contribution in [0.25, 0.3) is 0 Å². The van der Waals surface area contributed by atoms with Crippen LogP contribution in [0.3, 0.4) is 0 Å². The molecule has 2 aromatic carbocycles. The second-order valence-corrected chi connectivity index (χ2v) is 11.2. The van der Waals surface area contributed by atoms with Crippen molar-refractivity contribution in [1.82, 2.24) is 4.98 Å². The lowest BCUT2D eigenvalue weighted by atomic mass is 9.91. The zero-order valence-corrected chi connectivity index (χ0v) is 24.1. The lowest BCUT2D eigenvalue weighted by Gasteiger charge is -2.35. The number of pyridine rings is 1. The molecular formula is C33H39N3O5. The molecule has 1 saturated carbocycles. The van der Waals surface area contributed by atoms with Crippen LogP contribution in [0.4, 0.5) is 11.5 Å². The van der Waals surface area contributed by atoms with Gasteiger partial charge in [0.25, 0.3) is 5.91 Å². The second-order valence-electron chi connectivity index (χ2n) is 11.2. The van der Waals surface area contributed by atoms with Crippen molar-refractivity contribution in [3.05, 3.63) is 77.5 Å². The standard InChI is InChI=1S/C33H39N3O5/c1-22-6-4-9-31(34-22)35(2)33(39)28-13-12-26(40-3)19-30(28)36-16-14-23(15-17-36)21-41-27-8-5-7-25(18-27)29(20-32(37)38)24-10-11-24/h4-9,12-13,18-19,23-24,29H,10-11,14-17,20-21H2,1-3H3,(H,37,38). The number of carboxylic acid groups (broad SMARTS) is 1. The van der Waals surface area contributed by atoms with Crippen LogP contribution in [0.1, 0.15) is 59.6 Å². The number of benzene rings is 2. The monoisotopic (exact) mass is 557 g/mol. The molecule has 2 fully saturated rings. The molecule has 0 spiro atoms. The number of carbonyl (C=O) groups is 2. The van der Waals surface area contributed by atoms with Gasteiger partial charge in [-0.1, -0.05) is 18.2 Å². The molecule has 1 aromatic heterocycles. The molecule has 8 nitrogen and oxygen atoms in total. The molecule has 2 aliphatic rings. The van der Waals surface area contributed by atoms with E-state index in [0.29, 0.717) is 35.6 Å². The van der Waals surface area contributed by atoms with Gasteiger partial charge in [-0.2, -0.15) is 0 Å². The third-order valence-corrected chi connectivity index (χ3v) is 8.27. The Morgan fingerprint density at radius 3 is 2.46 bits per heavy atom. The Balaban J connectivity index is 1.22. The van der Waals surface area contributed by atoms with E-state index in [2.05, 4.69) is 9.88 Å². The number of anilines is 2. The fourth-order valence-corrected chi connectivity index (χ4v) is 5.71. The van der Waals surface area contributed by atoms with Crippen LogP contribution in [0, 0.1) is 18.8 Å². The first-order valence-corrected chi connectivity index (χ1v) is 14.4. The van der Waals surface area contributed by atoms with Crippen molar-refractivity contribution in [2.24, 2.45) is 11.8 Å². The molecule has 5 rings (SSSR count). The Morgan fingerprint density at radius 1 is 1.02 bits per heavy atom. The van der Waals surface area contributed by atoms with E-state index >= 15 is 0 Å². The SMILES string of the molecule is COc1ccc(C(=O)N(C)c2cccc(C)n2)c(N2CCC(COc3cccc(C(CC(=O)O)C4CC4)c3)CC2)c1. The van der Waals surface area contributed by atoms with Crippen LogP contribution in [0.5, 0.6) is 11.5 Å². The molecule has 0 bridgehead atoms. The Labute approximate surface area is 241 Å². The summed E-state index contributed by atoms with van der Waals surface area (Å²) in [5.74, 6) is 2.17. The van der Waals surface area contributed by atoms with Gasteiger partial charge in [0, 0.05) is 31.9 Å². The quantitative estimate of drug-likeness (QED) is 0.312. The van der Waals surface area contributed by atoms with Gasteiger partial charge in [0.1, 0.15) is 17.3 Å². The molecule has 1 N–H and O–H groups in total. The van der Waals surface area contributed by atoms with E-state index in [-0.39, 0.29) is 18.2 Å². The van der Waals surface area contributed by atoms with E-state index in [0.717, 1.165) is 61.5 Å². The van der Waals surface area contributed by atoms with E-state index in [1.54, 1.807) is 19.1 Å². The molecule has 1 atom stereocenters. The normalized spacial score (nSPS) is 16.2. The summed E-state index contributed by atoms with van der Waals surface area (Å²) in [5.41, 5.74) is 3.40. The van der Waals surface area contributed by atoms with E-state index < -0.39 is 5.97 Å². The van der Waals surface area contributed by atoms with Gasteiger partial charge < -0.3 is 19.5 Å². The predicted octanol–water partition coefficient (Wildman–Crippen LogP) is 5.94. The minimum absolute atomic E-state index is 0.0554. The fraction of sp³-hybridized carbons (Fsp3) is 0.424. The molecule has 1 saturated heterocycles. The van der Waals surface area contributed by atoms with E-state index in [1.165, 1.54) is 0 Å². The zero-order chi connectivity index (χ0) is 28.9. The largest absolute Gasteiger partial charge is 0.497 e. The van der Waals surface area contributed by atoms with Crippen LogP contribution in [0.2, 0.25) is 0 Å². The highest BCUT2D eigenvalue weighted by molar-refractivity contribution is 6.09. The highest BCUT2D eigenvalue weighted by Gasteiger charge is 2.34. The smallest absolute Gasteiger partial charge is 0.303 e. The summed E-state index contributed by atoms with van der Waals surface area (Å²) in [7, 11) is 3.39. The molecule has 0 radical (unpaired) electrons. The number of methoxy groups -OCH3 is 1. The molecule has 8 heteroatoms. The average Bonchev–Trinajstić information content (AvgIpc) is 3.84. The Hall–Kier alpha value is -4.07. The highest BCUT2D eigenvalue weighted by Crippen LogP contribution is 2.45. The first-order chi connectivity index (χ1) is 19.8. The number of hydrogen-bond acceptors (Lipinski definition) is 6. The molecule has 1 aliphatic carbocycles. The Kier molecular flexibility index (Phi) is 8.76. The summed E-state index contributed by atoms with van der Waals surface area (Å²) in [6.07, 6.45) is 4.23. The minimum atomic E-state index is -0.751. The van der Waals surface area contributed by atoms with Gasteiger partial charge in [0.2, 0.25) is 0 Å². The van der Waals surface area contributed by atoms with Crippen molar-refractivity contribution in [2.45, 2.75) is 44.9 Å². The van der Waals surface area contributed by atoms with E-state index in [1.807, 2.05) is 67.6 Å². The van der Waals surface area contributed by atoms with Crippen molar-refractivity contribution >= 4 is 23.4 Å². The fourth-order valence-electron chi connectivity index (χ4n) is 5.71. The molecule has 2 heterocycles. The number of piperidine rings is 1.